The molecule has 0 aliphatic heterocycles. The van der Waals surface area contributed by atoms with E-state index in [2.05, 4.69) is 79.5 Å². The number of hydrogen-bond acceptors (Lipinski definition) is 2. The third-order valence-corrected chi connectivity index (χ3v) is 5.19. The van der Waals surface area contributed by atoms with Gasteiger partial charge in [0.25, 0.3) is 0 Å². The van der Waals surface area contributed by atoms with Crippen molar-refractivity contribution in [1.29, 1.82) is 0 Å². The Morgan fingerprint density at radius 2 is 1.65 bits per heavy atom. The van der Waals surface area contributed by atoms with E-state index in [-0.39, 0.29) is 6.10 Å². The highest BCUT2D eigenvalue weighted by atomic mass is 16.5. The number of likely N-dealkylation sites (N-methyl/N-ethyl adjacent to an activating group) is 1. The van der Waals surface area contributed by atoms with Crippen LogP contribution in [-0.4, -0.2) is 31.6 Å². The summed E-state index contributed by atoms with van der Waals surface area (Å²) in [5.41, 5.74) is 2.75. The van der Waals surface area contributed by atoms with Crippen molar-refractivity contribution in [1.82, 2.24) is 4.90 Å². The molecule has 0 amide bonds. The van der Waals surface area contributed by atoms with Gasteiger partial charge in [0, 0.05) is 19.7 Å². The minimum absolute atomic E-state index is 0.120. The Balaban J connectivity index is 1.59. The Labute approximate surface area is 140 Å². The van der Waals surface area contributed by atoms with Crippen LogP contribution >= 0.6 is 0 Å². The van der Waals surface area contributed by atoms with E-state index in [4.69, 9.17) is 4.74 Å². The molecule has 0 unspecified atom stereocenters. The van der Waals surface area contributed by atoms with Crippen molar-refractivity contribution in [2.24, 2.45) is 5.92 Å². The lowest BCUT2D eigenvalue weighted by Gasteiger charge is -2.31. The predicted octanol–water partition coefficient (Wildman–Crippen LogP) is 4.50. The quantitative estimate of drug-likeness (QED) is 0.747. The summed E-state index contributed by atoms with van der Waals surface area (Å²) < 4.78 is 5.79. The first kappa shape index (κ1) is 16.2. The predicted molar refractivity (Wildman–Crippen MR) is 95.6 cm³/mol. The fraction of sp³-hybridized carbons (Fsp3) is 0.429. The van der Waals surface area contributed by atoms with Crippen LogP contribution in [0.1, 0.15) is 36.5 Å². The topological polar surface area (TPSA) is 12.5 Å². The molecule has 2 nitrogen and oxygen atoms in total. The monoisotopic (exact) mass is 309 g/mol. The molecule has 1 aliphatic carbocycles. The summed E-state index contributed by atoms with van der Waals surface area (Å²) in [4.78, 5) is 2.45. The van der Waals surface area contributed by atoms with Crippen LogP contribution in [0, 0.1) is 5.92 Å². The first-order chi connectivity index (χ1) is 11.2. The number of ether oxygens (including phenoxy) is 1. The van der Waals surface area contributed by atoms with Crippen LogP contribution in [-0.2, 0) is 4.74 Å². The normalized spacial score (nSPS) is 22.8. The minimum atomic E-state index is 0.120. The maximum absolute atomic E-state index is 5.79. The molecule has 0 heterocycles. The molecule has 1 fully saturated rings. The summed E-state index contributed by atoms with van der Waals surface area (Å²) in [6, 6.07) is 21.8. The molecule has 122 valence electrons. The largest absolute Gasteiger partial charge is 0.375 e. The van der Waals surface area contributed by atoms with Gasteiger partial charge in [0.1, 0.15) is 0 Å². The van der Waals surface area contributed by atoms with Gasteiger partial charge >= 0.3 is 0 Å². The maximum atomic E-state index is 5.79. The van der Waals surface area contributed by atoms with Crippen molar-refractivity contribution >= 4 is 0 Å². The van der Waals surface area contributed by atoms with Crippen LogP contribution in [0.3, 0.4) is 0 Å². The van der Waals surface area contributed by atoms with Crippen molar-refractivity contribution in [3.8, 4) is 0 Å². The summed E-state index contributed by atoms with van der Waals surface area (Å²) in [7, 11) is 4.03. The van der Waals surface area contributed by atoms with E-state index in [0.29, 0.717) is 6.04 Å². The third-order valence-electron chi connectivity index (χ3n) is 5.19. The molecule has 0 spiro atoms. The molecule has 1 saturated carbocycles. The van der Waals surface area contributed by atoms with Gasteiger partial charge in [-0.05, 0) is 43.4 Å². The van der Waals surface area contributed by atoms with E-state index in [9.17, 15) is 0 Å². The van der Waals surface area contributed by atoms with Gasteiger partial charge in [0.2, 0.25) is 0 Å². The summed E-state index contributed by atoms with van der Waals surface area (Å²) in [5.74, 6) is 1.52. The van der Waals surface area contributed by atoms with Crippen LogP contribution < -0.4 is 0 Å². The zero-order chi connectivity index (χ0) is 16.2. The molecule has 2 aromatic rings. The van der Waals surface area contributed by atoms with Crippen LogP contribution in [0.25, 0.3) is 0 Å². The Kier molecular flexibility index (Phi) is 5.14. The van der Waals surface area contributed by atoms with E-state index in [1.165, 1.54) is 17.5 Å². The number of benzene rings is 2. The van der Waals surface area contributed by atoms with Crippen LogP contribution in [0.4, 0.5) is 0 Å². The first-order valence-corrected chi connectivity index (χ1v) is 8.53. The molecule has 2 heteroatoms. The summed E-state index contributed by atoms with van der Waals surface area (Å²) in [5, 5.41) is 0. The summed E-state index contributed by atoms with van der Waals surface area (Å²) in [6.07, 6.45) is 1.43. The lowest BCUT2D eigenvalue weighted by molar-refractivity contribution is 0.0283. The molecular formula is C21H27NO. The fourth-order valence-corrected chi connectivity index (χ4v) is 3.58. The molecule has 23 heavy (non-hydrogen) atoms. The number of hydrogen-bond donors (Lipinski definition) is 0. The molecule has 0 N–H and O–H groups in total. The molecule has 0 radical (unpaired) electrons. The average Bonchev–Trinajstić information content (AvgIpc) is 3.36. The Hall–Kier alpha value is -1.64. The van der Waals surface area contributed by atoms with Gasteiger partial charge in [0.05, 0.1) is 6.10 Å². The number of nitrogens with zero attached hydrogens (tertiary/aromatic N) is 1. The van der Waals surface area contributed by atoms with Crippen molar-refractivity contribution < 1.29 is 4.74 Å². The second-order valence-electron chi connectivity index (χ2n) is 6.76. The molecule has 1 aliphatic rings. The summed E-state index contributed by atoms with van der Waals surface area (Å²) >= 11 is 0. The highest BCUT2D eigenvalue weighted by Crippen LogP contribution is 2.48. The van der Waals surface area contributed by atoms with Crippen LogP contribution in [0.15, 0.2) is 60.7 Å². The van der Waals surface area contributed by atoms with Gasteiger partial charge in [0.15, 0.2) is 0 Å². The smallest absolute Gasteiger partial charge is 0.0973 e. The standard InChI is InChI=1S/C21H27NO/c1-16(21(23-3)18-12-8-5-9-13-18)22(2)15-19-14-20(19)17-10-6-4-7-11-17/h4-13,16,19-21H,14-15H2,1-3H3/t16-,19+,20+,21+/m1/s1. The van der Waals surface area contributed by atoms with Gasteiger partial charge in [-0.15, -0.1) is 0 Å². The van der Waals surface area contributed by atoms with Crippen molar-refractivity contribution in [2.45, 2.75) is 31.4 Å². The maximum Gasteiger partial charge on any atom is 0.0973 e. The highest BCUT2D eigenvalue weighted by molar-refractivity contribution is 5.26. The molecule has 4 atom stereocenters. The number of rotatable bonds is 7. The number of methoxy groups -OCH3 is 1. The zero-order valence-corrected chi connectivity index (χ0v) is 14.4. The second-order valence-corrected chi connectivity index (χ2v) is 6.76. The Morgan fingerprint density at radius 3 is 2.26 bits per heavy atom. The Bertz CT molecular complexity index is 598. The highest BCUT2D eigenvalue weighted by Gasteiger charge is 2.39. The van der Waals surface area contributed by atoms with Crippen molar-refractivity contribution in [2.75, 3.05) is 20.7 Å². The second kappa shape index (κ2) is 7.29. The van der Waals surface area contributed by atoms with Gasteiger partial charge in [-0.25, -0.2) is 0 Å². The minimum Gasteiger partial charge on any atom is -0.375 e. The Morgan fingerprint density at radius 1 is 1.04 bits per heavy atom. The van der Waals surface area contributed by atoms with Gasteiger partial charge in [-0.2, -0.15) is 0 Å². The van der Waals surface area contributed by atoms with E-state index in [0.717, 1.165) is 18.4 Å². The summed E-state index contributed by atoms with van der Waals surface area (Å²) in [6.45, 7) is 3.40. The lowest BCUT2D eigenvalue weighted by atomic mass is 10.0. The third kappa shape index (κ3) is 3.82. The lowest BCUT2D eigenvalue weighted by Crippen LogP contribution is -2.36. The van der Waals surface area contributed by atoms with Gasteiger partial charge in [-0.1, -0.05) is 60.7 Å². The zero-order valence-electron chi connectivity index (χ0n) is 14.4. The molecule has 0 aromatic heterocycles. The molecular weight excluding hydrogens is 282 g/mol. The van der Waals surface area contributed by atoms with E-state index < -0.39 is 0 Å². The molecule has 2 aromatic carbocycles. The molecule has 0 bridgehead atoms. The van der Waals surface area contributed by atoms with Crippen molar-refractivity contribution in [3.05, 3.63) is 71.8 Å². The van der Waals surface area contributed by atoms with Gasteiger partial charge in [-0.3, -0.25) is 0 Å². The molecule has 3 rings (SSSR count). The van der Waals surface area contributed by atoms with E-state index >= 15 is 0 Å². The fourth-order valence-electron chi connectivity index (χ4n) is 3.58. The van der Waals surface area contributed by atoms with E-state index in [1.807, 2.05) is 7.11 Å². The SMILES string of the molecule is CO[C@H](c1ccccc1)[C@@H](C)N(C)C[C@@H]1C[C@H]1c1ccccc1. The van der Waals surface area contributed by atoms with Crippen LogP contribution in [0.5, 0.6) is 0 Å². The van der Waals surface area contributed by atoms with Gasteiger partial charge < -0.3 is 9.64 Å². The first-order valence-electron chi connectivity index (χ1n) is 8.53. The van der Waals surface area contributed by atoms with Crippen molar-refractivity contribution in [3.63, 3.8) is 0 Å². The van der Waals surface area contributed by atoms with Crippen LogP contribution in [0.2, 0.25) is 0 Å². The molecule has 0 saturated heterocycles. The van der Waals surface area contributed by atoms with E-state index in [1.54, 1.807) is 0 Å². The average molecular weight is 309 g/mol.